The van der Waals surface area contributed by atoms with Crippen molar-refractivity contribution in [1.82, 2.24) is 9.88 Å². The number of carbonyl (C=O) groups excluding carboxylic acids is 1. The third-order valence-electron chi connectivity index (χ3n) is 4.30. The molecule has 0 aliphatic carbocycles. The molecule has 3 rings (SSSR count). The monoisotopic (exact) mass is 696 g/mol. The molecule has 1 aliphatic rings. The molecule has 0 bridgehead atoms. The zero-order chi connectivity index (χ0) is 23.9. The number of benzene rings is 1. The fraction of sp³-hybridized carbons (Fsp3) is 0.304. The Hall–Kier alpha value is -1.99. The molecule has 1 aromatic carbocycles. The number of rotatable bonds is 4. The largest absolute Gasteiger partial charge is 2.00 e. The van der Waals surface area contributed by atoms with Gasteiger partial charge in [0.15, 0.2) is 0 Å². The van der Waals surface area contributed by atoms with Crippen LogP contribution in [0.25, 0.3) is 0 Å². The van der Waals surface area contributed by atoms with Crippen LogP contribution in [-0.4, -0.2) is 40.4 Å². The van der Waals surface area contributed by atoms with E-state index in [1.54, 1.807) is 29.3 Å². The van der Waals surface area contributed by atoms with Crippen LogP contribution in [0.15, 0.2) is 36.5 Å². The van der Waals surface area contributed by atoms with Crippen LogP contribution in [0.5, 0.6) is 0 Å². The van der Waals surface area contributed by atoms with E-state index in [-0.39, 0.29) is 43.1 Å². The van der Waals surface area contributed by atoms with E-state index in [0.29, 0.717) is 35.7 Å². The summed E-state index contributed by atoms with van der Waals surface area (Å²) in [6, 6.07) is 12.0. The van der Waals surface area contributed by atoms with Gasteiger partial charge in [-0.2, -0.15) is 18.2 Å². The van der Waals surface area contributed by atoms with Crippen molar-refractivity contribution >= 4 is 32.5 Å². The van der Waals surface area contributed by atoms with Crippen molar-refractivity contribution in [3.63, 3.8) is 0 Å². The molecular weight excluding hydrogens is 671 g/mol. The predicted octanol–water partition coefficient (Wildman–Crippen LogP) is 5.09. The van der Waals surface area contributed by atoms with Crippen molar-refractivity contribution in [3.05, 3.63) is 59.9 Å². The number of pyridine rings is 1. The first-order chi connectivity index (χ1) is 15.0. The van der Waals surface area contributed by atoms with Crippen LogP contribution in [0.4, 0.5) is 25.1 Å². The first-order valence-corrected chi connectivity index (χ1v) is 10.3. The quantitative estimate of drug-likeness (QED) is 0.202. The van der Waals surface area contributed by atoms with E-state index in [9.17, 15) is 13.6 Å². The van der Waals surface area contributed by atoms with Gasteiger partial charge in [0, 0.05) is 36.9 Å². The van der Waals surface area contributed by atoms with E-state index in [2.05, 4.69) is 22.3 Å². The maximum atomic E-state index is 12.2. The second-order valence-corrected chi connectivity index (χ2v) is 8.36. The smallest absolute Gasteiger partial charge is 0.444 e. The van der Waals surface area contributed by atoms with Gasteiger partial charge < -0.3 is 29.1 Å². The first kappa shape index (κ1) is 29.0. The van der Waals surface area contributed by atoms with E-state index in [0.717, 1.165) is 5.69 Å². The fourth-order valence-electron chi connectivity index (χ4n) is 2.90. The number of nitrogens with one attached hydrogen (secondary N) is 2. The number of aromatic nitrogens is 1. The Labute approximate surface area is 219 Å². The van der Waals surface area contributed by atoms with E-state index >= 15 is 0 Å². The van der Waals surface area contributed by atoms with E-state index in [1.165, 1.54) is 9.24 Å². The molecule has 172 valence electrons. The van der Waals surface area contributed by atoms with Crippen LogP contribution in [0.2, 0.25) is 0 Å². The third-order valence-corrected chi connectivity index (χ3v) is 4.30. The summed E-state index contributed by atoms with van der Waals surface area (Å²) in [5.41, 5.74) is 1.84. The Bertz CT molecular complexity index is 985. The second kappa shape index (κ2) is 13.0. The van der Waals surface area contributed by atoms with Gasteiger partial charge in [-0.05, 0) is 26.8 Å². The number of hydrogen-bond acceptors (Lipinski definition) is 5. The van der Waals surface area contributed by atoms with Crippen molar-refractivity contribution < 1.29 is 49.4 Å². The summed E-state index contributed by atoms with van der Waals surface area (Å²) in [5, 5.41) is 11.9. The predicted molar refractivity (Wildman–Crippen MR) is 124 cm³/mol. The number of ether oxygens (including phenoxy) is 1. The number of anilines is 2. The molecule has 1 aliphatic heterocycles. The summed E-state index contributed by atoms with van der Waals surface area (Å²) in [5.74, 6) is 3.05. The number of nitrogens with zero attached hydrogens (tertiary/aromatic N) is 2. The van der Waals surface area contributed by atoms with Crippen molar-refractivity contribution in [2.45, 2.75) is 26.4 Å². The summed E-state index contributed by atoms with van der Waals surface area (Å²) in [6.45, 7) is 6.34. The molecule has 1 amide bonds. The molecule has 1 saturated heterocycles. The van der Waals surface area contributed by atoms with Crippen molar-refractivity contribution in [3.8, 4) is 12.3 Å². The van der Waals surface area contributed by atoms with Crippen LogP contribution in [0.3, 0.4) is 0 Å². The van der Waals surface area contributed by atoms with E-state index in [4.69, 9.17) is 16.6 Å². The average Bonchev–Trinajstić information content (AvgIpc) is 2.65. The van der Waals surface area contributed by atoms with Gasteiger partial charge in [0.2, 0.25) is 0 Å². The van der Waals surface area contributed by atoms with Gasteiger partial charge in [0.25, 0.3) is 0 Å². The molecule has 6 nitrogen and oxygen atoms in total. The second-order valence-electron chi connectivity index (χ2n) is 7.93. The zero-order valence-corrected chi connectivity index (χ0v) is 23.9. The minimum Gasteiger partial charge on any atom is -0.444 e. The number of hydrogen-bond donors (Lipinski definition) is 2. The molecule has 2 aromatic rings. The van der Waals surface area contributed by atoms with Crippen molar-refractivity contribution in [2.24, 2.45) is 5.92 Å². The minimum absolute atomic E-state index is 0. The molecule has 0 radical (unpaired) electrons. The molecule has 2 N–H and O–H groups in total. The standard InChI is InChI=1S/C22H23N4O2.CH2F2P.U/c1-5-15-11-12-24-20(25-17-9-7-6-8-10-17)18(15)19(23)16-13-26(14-16)21(27)28-22(2,3)4;2-1(3)4;/h1,7-12,16,23H,13-14H2,2-4H3,(H,24,25);4H2;/q2*-1;+2. The number of halogens is 2. The minimum atomic E-state index is -1.67. The molecule has 10 heteroatoms. The van der Waals surface area contributed by atoms with Gasteiger partial charge in [-0.25, -0.2) is 19.0 Å². The normalized spacial score (nSPS) is 13.0. The molecule has 1 unspecified atom stereocenters. The van der Waals surface area contributed by atoms with E-state index < -0.39 is 11.8 Å². The number of terminal acetylenes is 1. The summed E-state index contributed by atoms with van der Waals surface area (Å²) in [7, 11) is 1.24. The van der Waals surface area contributed by atoms with Gasteiger partial charge in [-0.15, -0.1) is 18.6 Å². The van der Waals surface area contributed by atoms with Gasteiger partial charge in [-0.3, -0.25) is 0 Å². The summed E-state index contributed by atoms with van der Waals surface area (Å²) < 4.78 is 25.8. The number of amides is 1. The first-order valence-electron chi connectivity index (χ1n) is 9.70. The molecule has 2 heterocycles. The maximum absolute atomic E-state index is 12.2. The van der Waals surface area contributed by atoms with Gasteiger partial charge in [0.1, 0.15) is 11.4 Å². The zero-order valence-electron chi connectivity index (χ0n) is 18.6. The molecule has 1 fully saturated rings. The van der Waals surface area contributed by atoms with Crippen LogP contribution >= 0.6 is 9.24 Å². The van der Waals surface area contributed by atoms with Crippen molar-refractivity contribution in [1.29, 1.82) is 5.41 Å². The van der Waals surface area contributed by atoms with Crippen LogP contribution < -0.4 is 5.32 Å². The van der Waals surface area contributed by atoms with Crippen LogP contribution in [-0.2, 0) is 4.74 Å². The average molecular weight is 696 g/mol. The van der Waals surface area contributed by atoms with Crippen LogP contribution in [0.1, 0.15) is 31.9 Å². The number of likely N-dealkylation sites (tertiary alicyclic amines) is 1. The Balaban J connectivity index is 0.00000101. The van der Waals surface area contributed by atoms with Gasteiger partial charge in [-0.1, -0.05) is 11.6 Å². The maximum Gasteiger partial charge on any atom is 2.00 e. The van der Waals surface area contributed by atoms with E-state index in [1.807, 2.05) is 32.9 Å². The fourth-order valence-corrected chi connectivity index (χ4v) is 2.90. The Morgan fingerprint density at radius 3 is 2.45 bits per heavy atom. The number of carbonyl (C=O) groups is 1. The molecule has 0 saturated carbocycles. The van der Waals surface area contributed by atoms with Gasteiger partial charge >= 0.3 is 37.2 Å². The molecule has 1 aromatic heterocycles. The summed E-state index contributed by atoms with van der Waals surface area (Å²) in [4.78, 5) is 18.1. The topological polar surface area (TPSA) is 78.3 Å². The summed E-state index contributed by atoms with van der Waals surface area (Å²) >= 11 is 0. The Morgan fingerprint density at radius 1 is 1.36 bits per heavy atom. The SMILES string of the molecule is C#Cc1ccnc(Nc2cc[c-]cc2)c1C(=N)C1CN(C(=O)OC(C)(C)C)C1.F[C-](F)P.[U+2]. The van der Waals surface area contributed by atoms with Gasteiger partial charge in [0.05, 0.1) is 11.3 Å². The molecule has 1 atom stereocenters. The Kier molecular flexibility index (Phi) is 11.5. The Morgan fingerprint density at radius 2 is 1.94 bits per heavy atom. The molecule has 0 spiro atoms. The van der Waals surface area contributed by atoms with Crippen LogP contribution in [0, 0.1) is 67.0 Å². The summed E-state index contributed by atoms with van der Waals surface area (Å²) in [6.07, 6.45) is 5.26. The van der Waals surface area contributed by atoms with Crippen molar-refractivity contribution in [2.75, 3.05) is 18.4 Å². The third kappa shape index (κ3) is 9.05. The molecular formula is C23H25F2N4O2PU. The molecule has 33 heavy (non-hydrogen) atoms.